The van der Waals surface area contributed by atoms with Crippen molar-refractivity contribution in [3.05, 3.63) is 64.0 Å². The number of esters is 1. The number of nitrogens with one attached hydrogen (secondary N) is 1. The average Bonchev–Trinajstić information content (AvgIpc) is 3.01. The second-order valence-corrected chi connectivity index (χ2v) is 5.14. The lowest BCUT2D eigenvalue weighted by Gasteiger charge is -2.06. The molecule has 0 aliphatic carbocycles. The van der Waals surface area contributed by atoms with Crippen LogP contribution >= 0.6 is 0 Å². The predicted octanol–water partition coefficient (Wildman–Crippen LogP) is 3.17. The highest BCUT2D eigenvalue weighted by atomic mass is 16.6. The summed E-state index contributed by atoms with van der Waals surface area (Å²) >= 11 is 0. The maximum atomic E-state index is 12.5. The van der Waals surface area contributed by atoms with Crippen molar-refractivity contribution in [2.75, 3.05) is 11.9 Å². The topological polar surface area (TPSA) is 125 Å². The van der Waals surface area contributed by atoms with Gasteiger partial charge in [-0.05, 0) is 31.2 Å². The number of benzene rings is 1. The van der Waals surface area contributed by atoms with Gasteiger partial charge in [0.2, 0.25) is 11.5 Å². The normalized spacial score (nSPS) is 10.5. The number of hydrogen-bond donors (Lipinski definition) is 1. The van der Waals surface area contributed by atoms with E-state index in [2.05, 4.69) is 10.3 Å². The Morgan fingerprint density at radius 1 is 1.27 bits per heavy atom. The van der Waals surface area contributed by atoms with Crippen molar-refractivity contribution in [1.82, 2.24) is 4.98 Å². The lowest BCUT2D eigenvalue weighted by Crippen LogP contribution is -2.15. The Kier molecular flexibility index (Phi) is 4.61. The van der Waals surface area contributed by atoms with E-state index in [9.17, 15) is 19.7 Å². The van der Waals surface area contributed by atoms with E-state index in [1.807, 2.05) is 0 Å². The van der Waals surface area contributed by atoms with Gasteiger partial charge in [-0.15, -0.1) is 0 Å². The van der Waals surface area contributed by atoms with E-state index in [0.29, 0.717) is 5.39 Å². The Morgan fingerprint density at radius 2 is 2.00 bits per heavy atom. The molecule has 0 radical (unpaired) electrons. The minimum atomic E-state index is -0.732. The second kappa shape index (κ2) is 7.01. The third kappa shape index (κ3) is 3.22. The molecule has 0 atom stereocenters. The number of carbonyl (C=O) groups is 2. The molecule has 0 fully saturated rings. The van der Waals surface area contributed by atoms with Crippen molar-refractivity contribution >= 4 is 34.4 Å². The minimum absolute atomic E-state index is 0.133. The molecular weight excluding hydrogens is 342 g/mol. The molecule has 0 saturated carbocycles. The van der Waals surface area contributed by atoms with E-state index in [1.54, 1.807) is 19.1 Å². The molecule has 0 bridgehead atoms. The molecule has 3 rings (SSSR count). The molecular formula is C17H13N3O6. The van der Waals surface area contributed by atoms with Gasteiger partial charge in [-0.2, -0.15) is 0 Å². The summed E-state index contributed by atoms with van der Waals surface area (Å²) in [5.41, 5.74) is 0.361. The predicted molar refractivity (Wildman–Crippen MR) is 91.0 cm³/mol. The van der Waals surface area contributed by atoms with Crippen LogP contribution in [-0.2, 0) is 4.74 Å². The fourth-order valence-electron chi connectivity index (χ4n) is 2.32. The van der Waals surface area contributed by atoms with Gasteiger partial charge in [0.15, 0.2) is 0 Å². The number of non-ortho nitro benzene ring substituents is 1. The monoisotopic (exact) mass is 355 g/mol. The number of carbonyl (C=O) groups excluding carboxylic acids is 2. The summed E-state index contributed by atoms with van der Waals surface area (Å²) in [5.74, 6) is -1.46. The number of rotatable bonds is 5. The summed E-state index contributed by atoms with van der Waals surface area (Å²) in [5, 5.41) is 13.7. The van der Waals surface area contributed by atoms with Crippen molar-refractivity contribution < 1.29 is 23.7 Å². The molecule has 1 aromatic carbocycles. The van der Waals surface area contributed by atoms with Crippen LogP contribution in [0.25, 0.3) is 11.1 Å². The number of nitro groups is 1. The van der Waals surface area contributed by atoms with Crippen molar-refractivity contribution in [1.29, 1.82) is 0 Å². The zero-order chi connectivity index (χ0) is 18.7. The summed E-state index contributed by atoms with van der Waals surface area (Å²) < 4.78 is 10.4. The largest absolute Gasteiger partial charge is 0.460 e. The van der Waals surface area contributed by atoms with Crippen LogP contribution in [0.5, 0.6) is 0 Å². The van der Waals surface area contributed by atoms with Crippen molar-refractivity contribution in [2.45, 2.75) is 6.92 Å². The summed E-state index contributed by atoms with van der Waals surface area (Å²) in [6, 6.07) is 8.34. The Morgan fingerprint density at radius 3 is 2.65 bits per heavy atom. The maximum Gasteiger partial charge on any atom is 0.376 e. The van der Waals surface area contributed by atoms with E-state index >= 15 is 0 Å². The van der Waals surface area contributed by atoms with Crippen molar-refractivity contribution in [3.63, 3.8) is 0 Å². The summed E-state index contributed by atoms with van der Waals surface area (Å²) in [6.07, 6.45) is 1.49. The third-order valence-corrected chi connectivity index (χ3v) is 3.51. The Balaban J connectivity index is 1.96. The minimum Gasteiger partial charge on any atom is -0.460 e. The Labute approximate surface area is 146 Å². The first-order valence-corrected chi connectivity index (χ1v) is 7.61. The standard InChI is InChI=1S/C17H13N3O6/c1-2-25-17(22)14-13(12-4-3-9-18-16(12)26-14)19-15(21)10-5-7-11(8-6-10)20(23)24/h3-9H,2H2,1H3,(H,19,21). The summed E-state index contributed by atoms with van der Waals surface area (Å²) in [4.78, 5) is 38.7. The molecule has 9 nitrogen and oxygen atoms in total. The van der Waals surface area contributed by atoms with Crippen LogP contribution in [0.2, 0.25) is 0 Å². The van der Waals surface area contributed by atoms with Gasteiger partial charge in [0, 0.05) is 23.9 Å². The zero-order valence-corrected chi connectivity index (χ0v) is 13.6. The third-order valence-electron chi connectivity index (χ3n) is 3.51. The molecule has 0 aliphatic heterocycles. The van der Waals surface area contributed by atoms with Crippen LogP contribution in [0.1, 0.15) is 27.8 Å². The number of amides is 1. The molecule has 3 aromatic rings. The zero-order valence-electron chi connectivity index (χ0n) is 13.6. The number of nitrogens with zero attached hydrogens (tertiary/aromatic N) is 2. The fourth-order valence-corrected chi connectivity index (χ4v) is 2.32. The number of nitro benzene ring substituents is 1. The van der Waals surface area contributed by atoms with Crippen molar-refractivity contribution in [2.24, 2.45) is 0 Å². The number of anilines is 1. The van der Waals surface area contributed by atoms with Crippen LogP contribution in [-0.4, -0.2) is 28.4 Å². The van der Waals surface area contributed by atoms with Gasteiger partial charge in [0.1, 0.15) is 5.69 Å². The Bertz CT molecular complexity index is 993. The first kappa shape index (κ1) is 17.1. The van der Waals surface area contributed by atoms with Crippen LogP contribution in [0.3, 0.4) is 0 Å². The van der Waals surface area contributed by atoms with Crippen molar-refractivity contribution in [3.8, 4) is 0 Å². The highest BCUT2D eigenvalue weighted by Crippen LogP contribution is 2.30. The SMILES string of the molecule is CCOC(=O)c1oc2ncccc2c1NC(=O)c1ccc([N+](=O)[O-])cc1. The Hall–Kier alpha value is -3.75. The molecule has 0 unspecified atom stereocenters. The van der Waals surface area contributed by atoms with Gasteiger partial charge >= 0.3 is 5.97 Å². The lowest BCUT2D eigenvalue weighted by atomic mass is 10.2. The van der Waals surface area contributed by atoms with Gasteiger partial charge < -0.3 is 14.5 Å². The number of furan rings is 1. The van der Waals surface area contributed by atoms with E-state index in [-0.39, 0.29) is 35.0 Å². The van der Waals surface area contributed by atoms with Crippen LogP contribution in [0, 0.1) is 10.1 Å². The average molecular weight is 355 g/mol. The number of pyridine rings is 1. The van der Waals surface area contributed by atoms with Crippen LogP contribution in [0.15, 0.2) is 47.0 Å². The molecule has 1 amide bonds. The first-order chi connectivity index (χ1) is 12.5. The van der Waals surface area contributed by atoms with Crippen LogP contribution < -0.4 is 5.32 Å². The molecule has 0 aliphatic rings. The molecule has 0 saturated heterocycles. The summed E-state index contributed by atoms with van der Waals surface area (Å²) in [6.45, 7) is 1.78. The molecule has 0 spiro atoms. The highest BCUT2D eigenvalue weighted by Gasteiger charge is 2.24. The molecule has 2 heterocycles. The lowest BCUT2D eigenvalue weighted by molar-refractivity contribution is -0.384. The fraction of sp³-hybridized carbons (Fsp3) is 0.118. The van der Waals surface area contributed by atoms with Gasteiger partial charge in [-0.1, -0.05) is 0 Å². The van der Waals surface area contributed by atoms with E-state index in [4.69, 9.17) is 9.15 Å². The smallest absolute Gasteiger partial charge is 0.376 e. The van der Waals surface area contributed by atoms with Gasteiger partial charge in [0.05, 0.1) is 16.9 Å². The summed E-state index contributed by atoms with van der Waals surface area (Å²) in [7, 11) is 0. The van der Waals surface area contributed by atoms with Gasteiger partial charge in [0.25, 0.3) is 11.6 Å². The second-order valence-electron chi connectivity index (χ2n) is 5.14. The molecule has 2 aromatic heterocycles. The highest BCUT2D eigenvalue weighted by molar-refractivity contribution is 6.13. The maximum absolute atomic E-state index is 12.5. The van der Waals surface area contributed by atoms with Crippen LogP contribution in [0.4, 0.5) is 11.4 Å². The number of hydrogen-bond acceptors (Lipinski definition) is 7. The van der Waals surface area contributed by atoms with E-state index < -0.39 is 16.8 Å². The molecule has 9 heteroatoms. The number of ether oxygens (including phenoxy) is 1. The van der Waals surface area contributed by atoms with E-state index in [1.165, 1.54) is 30.5 Å². The van der Waals surface area contributed by atoms with E-state index in [0.717, 1.165) is 0 Å². The number of aromatic nitrogens is 1. The molecule has 132 valence electrons. The van der Waals surface area contributed by atoms with Gasteiger partial charge in [-0.3, -0.25) is 14.9 Å². The molecule has 1 N–H and O–H groups in total. The van der Waals surface area contributed by atoms with Gasteiger partial charge in [-0.25, -0.2) is 9.78 Å². The first-order valence-electron chi connectivity index (χ1n) is 7.61. The quantitative estimate of drug-likeness (QED) is 0.423. The molecule has 26 heavy (non-hydrogen) atoms. The number of fused-ring (bicyclic) bond motifs is 1.